The summed E-state index contributed by atoms with van der Waals surface area (Å²) >= 11 is 6.22. The quantitative estimate of drug-likeness (QED) is 0.413. The van der Waals surface area contributed by atoms with Gasteiger partial charge in [-0.05, 0) is 29.7 Å². The molecule has 2 aromatic carbocycles. The maximum Gasteiger partial charge on any atom is 0.131 e. The highest BCUT2D eigenvalue weighted by Crippen LogP contribution is 2.31. The zero-order valence-electron chi connectivity index (χ0n) is 16.1. The fraction of sp³-hybridized carbons (Fsp3) is 0.167. The van der Waals surface area contributed by atoms with Crippen LogP contribution in [0.3, 0.4) is 0 Å². The lowest BCUT2D eigenvalue weighted by Crippen LogP contribution is -1.99. The van der Waals surface area contributed by atoms with E-state index in [2.05, 4.69) is 18.0 Å². The van der Waals surface area contributed by atoms with Gasteiger partial charge in [-0.3, -0.25) is 4.98 Å². The van der Waals surface area contributed by atoms with E-state index >= 15 is 0 Å². The molecule has 0 spiro atoms. The number of rotatable bonds is 6. The highest BCUT2D eigenvalue weighted by molar-refractivity contribution is 6.33. The number of nitriles is 1. The van der Waals surface area contributed by atoms with Crippen LogP contribution in [0, 0.1) is 11.3 Å². The van der Waals surface area contributed by atoms with Crippen LogP contribution >= 0.6 is 11.6 Å². The molecule has 0 aliphatic carbocycles. The van der Waals surface area contributed by atoms with Crippen molar-refractivity contribution in [1.82, 2.24) is 9.97 Å². The molecule has 0 bridgehead atoms. The minimum Gasteiger partial charge on any atom is -0.488 e. The number of nitrogens with zero attached hydrogens (tertiary/aromatic N) is 2. The number of para-hydroxylation sites is 1. The minimum atomic E-state index is 0.450. The lowest BCUT2D eigenvalue weighted by molar-refractivity contribution is 0.309. The van der Waals surface area contributed by atoms with Crippen molar-refractivity contribution in [2.45, 2.75) is 26.4 Å². The van der Waals surface area contributed by atoms with Gasteiger partial charge in [0, 0.05) is 28.9 Å². The molecule has 0 atom stereocenters. The average Bonchev–Trinajstić information content (AvgIpc) is 3.13. The van der Waals surface area contributed by atoms with Gasteiger partial charge in [0.1, 0.15) is 24.1 Å². The van der Waals surface area contributed by atoms with Gasteiger partial charge in [-0.25, -0.2) is 0 Å². The molecule has 2 heterocycles. The van der Waals surface area contributed by atoms with Gasteiger partial charge >= 0.3 is 0 Å². The summed E-state index contributed by atoms with van der Waals surface area (Å²) < 4.78 is 6.17. The third kappa shape index (κ3) is 3.96. The molecule has 0 aliphatic heterocycles. The molecule has 2 aromatic heterocycles. The predicted octanol–water partition coefficient (Wildman–Crippen LogP) is 6.29. The molecule has 0 radical (unpaired) electrons. The summed E-state index contributed by atoms with van der Waals surface area (Å²) in [5.41, 5.74) is 5.13. The molecule has 5 heteroatoms. The summed E-state index contributed by atoms with van der Waals surface area (Å²) in [6.45, 7) is 2.60. The number of hydrogen-bond donors (Lipinski definition) is 1. The summed E-state index contributed by atoms with van der Waals surface area (Å²) in [6.07, 6.45) is 3.60. The van der Waals surface area contributed by atoms with Crippen LogP contribution in [0.4, 0.5) is 0 Å². The van der Waals surface area contributed by atoms with Gasteiger partial charge < -0.3 is 9.72 Å². The summed E-state index contributed by atoms with van der Waals surface area (Å²) in [6, 6.07) is 20.1. The van der Waals surface area contributed by atoms with Crippen molar-refractivity contribution in [3.8, 4) is 22.9 Å². The third-order valence-electron chi connectivity index (χ3n) is 4.82. The Morgan fingerprint density at radius 2 is 1.93 bits per heavy atom. The maximum absolute atomic E-state index is 9.24. The van der Waals surface area contributed by atoms with Crippen molar-refractivity contribution >= 4 is 22.5 Å². The number of fused-ring (bicyclic) bond motifs is 1. The monoisotopic (exact) mass is 401 g/mol. The van der Waals surface area contributed by atoms with Crippen LogP contribution in [0.5, 0.6) is 5.75 Å². The molecule has 29 heavy (non-hydrogen) atoms. The molecule has 0 saturated heterocycles. The average molecular weight is 402 g/mol. The van der Waals surface area contributed by atoms with E-state index < -0.39 is 0 Å². The number of H-pyrrole nitrogens is 1. The van der Waals surface area contributed by atoms with Crippen molar-refractivity contribution < 1.29 is 4.74 Å². The summed E-state index contributed by atoms with van der Waals surface area (Å²) in [4.78, 5) is 7.62. The van der Waals surface area contributed by atoms with Crippen LogP contribution in [0.25, 0.3) is 22.0 Å². The lowest BCUT2D eigenvalue weighted by Gasteiger charge is -2.12. The Hall–Kier alpha value is -3.29. The van der Waals surface area contributed by atoms with Crippen molar-refractivity contribution in [3.63, 3.8) is 0 Å². The van der Waals surface area contributed by atoms with Gasteiger partial charge in [0.05, 0.1) is 10.5 Å². The van der Waals surface area contributed by atoms with Crippen LogP contribution in [0.1, 0.15) is 30.3 Å². The number of halogens is 1. The Kier molecular flexibility index (Phi) is 5.50. The first kappa shape index (κ1) is 19.0. The molecule has 4 rings (SSSR count). The Labute approximate surface area is 174 Å². The largest absolute Gasteiger partial charge is 0.488 e. The molecule has 0 aliphatic rings. The molecule has 4 aromatic rings. The predicted molar refractivity (Wildman–Crippen MR) is 116 cm³/mol. The lowest BCUT2D eigenvalue weighted by atomic mass is 10.0. The Bertz CT molecular complexity index is 1190. The maximum atomic E-state index is 9.24. The molecular weight excluding hydrogens is 382 g/mol. The van der Waals surface area contributed by atoms with Crippen LogP contribution in [-0.4, -0.2) is 9.97 Å². The smallest absolute Gasteiger partial charge is 0.131 e. The topological polar surface area (TPSA) is 61.7 Å². The molecule has 4 nitrogen and oxygen atoms in total. The molecule has 0 fully saturated rings. The van der Waals surface area contributed by atoms with Gasteiger partial charge in [0.2, 0.25) is 0 Å². The van der Waals surface area contributed by atoms with Crippen LogP contribution < -0.4 is 4.74 Å². The summed E-state index contributed by atoms with van der Waals surface area (Å²) in [7, 11) is 0. The molecule has 0 amide bonds. The van der Waals surface area contributed by atoms with Crippen molar-refractivity contribution in [2.75, 3.05) is 0 Å². The van der Waals surface area contributed by atoms with Gasteiger partial charge in [-0.15, -0.1) is 0 Å². The van der Waals surface area contributed by atoms with Crippen molar-refractivity contribution in [2.24, 2.45) is 0 Å². The van der Waals surface area contributed by atoms with Gasteiger partial charge in [0.15, 0.2) is 0 Å². The second-order valence-electron chi connectivity index (χ2n) is 6.86. The standard InChI is InChI=1S/C24H20ClN3O/c1-2-5-18-12-23(19-6-3-4-7-21(19)28-18)29-15-16-8-10-17(11-9-16)24-20(25)14-27-22(24)13-26/h3-4,6-12,14,27H,2,5,15H2,1H3. The van der Waals surface area contributed by atoms with Crippen molar-refractivity contribution in [3.05, 3.63) is 82.8 Å². The second-order valence-corrected chi connectivity index (χ2v) is 7.27. The Balaban J connectivity index is 1.57. The first-order chi connectivity index (χ1) is 14.2. The van der Waals surface area contributed by atoms with Crippen LogP contribution in [0.2, 0.25) is 5.02 Å². The van der Waals surface area contributed by atoms with E-state index in [-0.39, 0.29) is 0 Å². The molecule has 1 N–H and O–H groups in total. The Morgan fingerprint density at radius 1 is 1.14 bits per heavy atom. The SMILES string of the molecule is CCCc1cc(OCc2ccc(-c3c(Cl)c[nH]c3C#N)cc2)c2ccccc2n1. The van der Waals surface area contributed by atoms with E-state index in [9.17, 15) is 5.26 Å². The van der Waals surface area contributed by atoms with E-state index in [4.69, 9.17) is 21.3 Å². The van der Waals surface area contributed by atoms with Gasteiger partial charge in [0.25, 0.3) is 0 Å². The molecular formula is C24H20ClN3O. The van der Waals surface area contributed by atoms with Crippen molar-refractivity contribution in [1.29, 1.82) is 5.26 Å². The number of nitrogens with one attached hydrogen (secondary N) is 1. The number of ether oxygens (including phenoxy) is 1. The normalized spacial score (nSPS) is 10.8. The number of benzene rings is 2. The molecule has 0 unspecified atom stereocenters. The van der Waals surface area contributed by atoms with Gasteiger partial charge in [-0.2, -0.15) is 5.26 Å². The van der Waals surface area contributed by atoms with Crippen LogP contribution in [0.15, 0.2) is 60.8 Å². The summed E-state index contributed by atoms with van der Waals surface area (Å²) in [5, 5.41) is 10.8. The van der Waals surface area contributed by atoms with E-state index in [1.54, 1.807) is 6.20 Å². The Morgan fingerprint density at radius 3 is 2.69 bits per heavy atom. The molecule has 144 valence electrons. The molecule has 0 saturated carbocycles. The van der Waals surface area contributed by atoms with Gasteiger partial charge in [-0.1, -0.05) is 61.3 Å². The first-order valence-electron chi connectivity index (χ1n) is 9.57. The number of pyridine rings is 1. The van der Waals surface area contributed by atoms with Crippen LogP contribution in [-0.2, 0) is 13.0 Å². The number of aromatic amines is 1. The summed E-state index contributed by atoms with van der Waals surface area (Å²) in [5.74, 6) is 0.851. The fourth-order valence-corrected chi connectivity index (χ4v) is 3.66. The fourth-order valence-electron chi connectivity index (χ4n) is 3.40. The number of aromatic nitrogens is 2. The van der Waals surface area contributed by atoms with E-state index in [0.717, 1.165) is 51.9 Å². The third-order valence-corrected chi connectivity index (χ3v) is 5.12. The number of aryl methyl sites for hydroxylation is 1. The number of hydrogen-bond acceptors (Lipinski definition) is 3. The second kappa shape index (κ2) is 8.38. The van der Waals surface area contributed by atoms with E-state index in [1.165, 1.54) is 0 Å². The highest BCUT2D eigenvalue weighted by Gasteiger charge is 2.12. The zero-order chi connectivity index (χ0) is 20.2. The zero-order valence-corrected chi connectivity index (χ0v) is 16.8. The van der Waals surface area contributed by atoms with E-state index in [0.29, 0.717) is 17.3 Å². The first-order valence-corrected chi connectivity index (χ1v) is 9.95. The van der Waals surface area contributed by atoms with E-state index in [1.807, 2.05) is 54.6 Å². The minimum absolute atomic E-state index is 0.450. The highest BCUT2D eigenvalue weighted by atomic mass is 35.5.